The summed E-state index contributed by atoms with van der Waals surface area (Å²) in [6, 6.07) is 14.4. The molecular weight excluding hydrogens is 576 g/mol. The average Bonchev–Trinajstić information content (AvgIpc) is 2.98. The van der Waals surface area contributed by atoms with Crippen LogP contribution in [-0.2, 0) is 36.8 Å². The van der Waals surface area contributed by atoms with Crippen molar-refractivity contribution in [3.8, 4) is 0 Å². The second-order valence-corrected chi connectivity index (χ2v) is 12.0. The number of piperidine rings is 1. The number of nitrogens with one attached hydrogen (secondary N) is 3. The third-order valence-corrected chi connectivity index (χ3v) is 7.76. The Morgan fingerprint density at radius 2 is 1.67 bits per heavy atom. The van der Waals surface area contributed by atoms with Crippen molar-refractivity contribution in [3.05, 3.63) is 64.7 Å². The highest BCUT2D eigenvalue weighted by Gasteiger charge is 2.53. The second-order valence-electron chi connectivity index (χ2n) is 11.6. The fourth-order valence-electron chi connectivity index (χ4n) is 4.90. The fraction of sp³-hybridized carbons (Fsp3) is 0.484. The largest absolute Gasteiger partial charge is 0.448 e. The van der Waals surface area contributed by atoms with E-state index in [1.165, 1.54) is 4.90 Å². The molecule has 0 bridgehead atoms. The van der Waals surface area contributed by atoms with E-state index in [9.17, 15) is 24.3 Å². The molecule has 1 aliphatic heterocycles. The van der Waals surface area contributed by atoms with Crippen molar-refractivity contribution in [2.45, 2.75) is 64.7 Å². The number of hydrogen-bond acceptors (Lipinski definition) is 7. The molecule has 2 aromatic carbocycles. The Labute approximate surface area is 257 Å². The van der Waals surface area contributed by atoms with Crippen LogP contribution in [0.15, 0.2) is 48.5 Å². The molecule has 1 radical (unpaired) electrons. The van der Waals surface area contributed by atoms with Crippen molar-refractivity contribution >= 4 is 41.1 Å². The third-order valence-electron chi connectivity index (χ3n) is 7.39. The van der Waals surface area contributed by atoms with Gasteiger partial charge in [0.05, 0.1) is 17.6 Å². The number of nitrogens with zero attached hydrogens (tertiary/aromatic N) is 1. The first-order chi connectivity index (χ1) is 20.2. The lowest BCUT2D eigenvalue weighted by Crippen LogP contribution is -2.63. The van der Waals surface area contributed by atoms with Gasteiger partial charge in [0.15, 0.2) is 0 Å². The third kappa shape index (κ3) is 8.46. The number of rotatable bonds is 11. The molecule has 233 valence electrons. The number of anilines is 1. The molecule has 4 amide bonds. The molecule has 1 aliphatic rings. The zero-order valence-electron chi connectivity index (χ0n) is 25.0. The number of aryl methyl sites for hydroxylation is 1. The van der Waals surface area contributed by atoms with Crippen LogP contribution >= 0.6 is 11.6 Å². The monoisotopic (exact) mass is 615 g/mol. The summed E-state index contributed by atoms with van der Waals surface area (Å²) in [5, 5.41) is 16.1. The Kier molecular flexibility index (Phi) is 11.2. The Balaban J connectivity index is 1.77. The predicted molar refractivity (Wildman–Crippen MR) is 161 cm³/mol. The van der Waals surface area contributed by atoms with Crippen LogP contribution in [0.25, 0.3) is 0 Å². The van der Waals surface area contributed by atoms with Gasteiger partial charge in [0, 0.05) is 30.3 Å². The van der Waals surface area contributed by atoms with Crippen LogP contribution in [0.5, 0.6) is 0 Å². The zero-order chi connectivity index (χ0) is 31.8. The Morgan fingerprint density at radius 3 is 2.21 bits per heavy atom. The van der Waals surface area contributed by atoms with Gasteiger partial charge >= 0.3 is 6.09 Å². The van der Waals surface area contributed by atoms with E-state index in [0.717, 1.165) is 12.0 Å². The Bertz CT molecular complexity index is 1300. The minimum atomic E-state index is -2.39. The molecule has 11 nitrogen and oxygen atoms in total. The minimum absolute atomic E-state index is 0.00959. The molecule has 12 heteroatoms. The number of amides is 4. The first kappa shape index (κ1) is 33.8. The SMILES string of the molecule is CCc1ccc(NC(=O)OCC2(C(=O)NCc3ccccc3Cl)CCN(C(=O)C(CO)(OC(C)(C)C)C([NH])=O)CC2)cc1. The number of carbonyl (C=O) groups is 4. The summed E-state index contributed by atoms with van der Waals surface area (Å²) in [5.74, 6) is -2.61. The molecule has 3 rings (SSSR count). The van der Waals surface area contributed by atoms with E-state index in [0.29, 0.717) is 16.3 Å². The summed E-state index contributed by atoms with van der Waals surface area (Å²) in [7, 11) is 0. The first-order valence-corrected chi connectivity index (χ1v) is 14.5. The van der Waals surface area contributed by atoms with Gasteiger partial charge in [0.25, 0.3) is 11.8 Å². The number of ether oxygens (including phenoxy) is 2. The number of likely N-dealkylation sites (tertiary alicyclic amines) is 1. The molecule has 1 atom stereocenters. The lowest BCUT2D eigenvalue weighted by molar-refractivity contribution is -0.192. The highest BCUT2D eigenvalue weighted by Crippen LogP contribution is 2.35. The topological polar surface area (TPSA) is 158 Å². The lowest BCUT2D eigenvalue weighted by Gasteiger charge is -2.43. The summed E-state index contributed by atoms with van der Waals surface area (Å²) in [6.07, 6.45) is 0.274. The van der Waals surface area contributed by atoms with Gasteiger partial charge in [-0.15, -0.1) is 0 Å². The maximum absolute atomic E-state index is 13.7. The van der Waals surface area contributed by atoms with Crippen molar-refractivity contribution in [3.63, 3.8) is 0 Å². The van der Waals surface area contributed by atoms with Crippen LogP contribution < -0.4 is 16.4 Å². The maximum atomic E-state index is 13.7. The van der Waals surface area contributed by atoms with E-state index in [1.54, 1.807) is 57.2 Å². The standard InChI is InChI=1S/C31H40ClN4O7/c1-5-21-10-12-23(13-11-21)35-28(41)42-20-30(26(39)34-18-22-8-6-7-9-24(22)32)14-16-36(17-15-30)27(40)31(19-37,25(33)38)43-29(2,3)4/h6-13,33,37H,5,14-20H2,1-4H3,(H,34,39)(H,35,41). The number of halogens is 1. The first-order valence-electron chi connectivity index (χ1n) is 14.2. The summed E-state index contributed by atoms with van der Waals surface area (Å²) in [6.45, 7) is 5.69. The van der Waals surface area contributed by atoms with E-state index < -0.39 is 47.0 Å². The van der Waals surface area contributed by atoms with Gasteiger partial charge in [-0.2, -0.15) is 0 Å². The minimum Gasteiger partial charge on any atom is -0.448 e. The van der Waals surface area contributed by atoms with Crippen LogP contribution in [0.4, 0.5) is 10.5 Å². The molecule has 1 heterocycles. The van der Waals surface area contributed by atoms with Crippen molar-refractivity contribution in [2.24, 2.45) is 5.41 Å². The van der Waals surface area contributed by atoms with Crippen molar-refractivity contribution < 1.29 is 33.8 Å². The van der Waals surface area contributed by atoms with Crippen LogP contribution in [0.3, 0.4) is 0 Å². The van der Waals surface area contributed by atoms with Gasteiger partial charge in [-0.3, -0.25) is 25.4 Å². The van der Waals surface area contributed by atoms with Crippen LogP contribution in [0.2, 0.25) is 5.02 Å². The van der Waals surface area contributed by atoms with Gasteiger partial charge in [-0.1, -0.05) is 48.9 Å². The van der Waals surface area contributed by atoms with Crippen molar-refractivity contribution in [1.29, 1.82) is 0 Å². The number of hydrogen-bond donors (Lipinski definition) is 3. The quantitative estimate of drug-likeness (QED) is 0.325. The molecule has 1 saturated heterocycles. The van der Waals surface area contributed by atoms with E-state index >= 15 is 0 Å². The average molecular weight is 616 g/mol. The molecule has 0 aliphatic carbocycles. The molecule has 4 N–H and O–H groups in total. The molecule has 1 unspecified atom stereocenters. The fourth-order valence-corrected chi connectivity index (χ4v) is 5.10. The van der Waals surface area contributed by atoms with E-state index in [2.05, 4.69) is 10.6 Å². The van der Waals surface area contributed by atoms with Gasteiger partial charge in [-0.05, 0) is 69.4 Å². The normalized spacial score (nSPS) is 16.1. The van der Waals surface area contributed by atoms with Crippen LogP contribution in [-0.4, -0.2) is 71.3 Å². The Morgan fingerprint density at radius 1 is 1.05 bits per heavy atom. The molecule has 0 aromatic heterocycles. The second kappa shape index (κ2) is 14.2. The zero-order valence-corrected chi connectivity index (χ0v) is 25.8. The van der Waals surface area contributed by atoms with Gasteiger partial charge < -0.3 is 24.8 Å². The van der Waals surface area contributed by atoms with Gasteiger partial charge in [-0.25, -0.2) is 4.79 Å². The summed E-state index contributed by atoms with van der Waals surface area (Å²) in [5.41, 5.74) is 5.47. The smallest absolute Gasteiger partial charge is 0.411 e. The number of aliphatic hydroxyl groups is 1. The van der Waals surface area contributed by atoms with Crippen LogP contribution in [0.1, 0.15) is 51.7 Å². The summed E-state index contributed by atoms with van der Waals surface area (Å²) in [4.78, 5) is 53.5. The number of carbonyl (C=O) groups excluding carboxylic acids is 4. The van der Waals surface area contributed by atoms with Crippen molar-refractivity contribution in [1.82, 2.24) is 16.0 Å². The summed E-state index contributed by atoms with van der Waals surface area (Å²) < 4.78 is 11.2. The number of benzene rings is 2. The highest BCUT2D eigenvalue weighted by atomic mass is 35.5. The van der Waals surface area contributed by atoms with E-state index in [1.807, 2.05) is 19.1 Å². The van der Waals surface area contributed by atoms with Gasteiger partial charge in [0.1, 0.15) is 6.61 Å². The molecule has 0 saturated carbocycles. The lowest BCUT2D eigenvalue weighted by atomic mass is 9.77. The summed E-state index contributed by atoms with van der Waals surface area (Å²) >= 11 is 6.26. The molecule has 1 fully saturated rings. The molecule has 0 spiro atoms. The Hall–Kier alpha value is -3.67. The van der Waals surface area contributed by atoms with Crippen LogP contribution in [0, 0.1) is 5.41 Å². The highest BCUT2D eigenvalue weighted by molar-refractivity contribution is 6.31. The number of aliphatic hydroxyl groups excluding tert-OH is 1. The van der Waals surface area contributed by atoms with Crippen molar-refractivity contribution in [2.75, 3.05) is 31.6 Å². The van der Waals surface area contributed by atoms with Gasteiger partial charge in [0.2, 0.25) is 11.5 Å². The molecule has 43 heavy (non-hydrogen) atoms. The predicted octanol–water partition coefficient (Wildman–Crippen LogP) is 3.73. The molecular formula is C31H40ClN4O7. The maximum Gasteiger partial charge on any atom is 0.411 e. The van der Waals surface area contributed by atoms with E-state index in [-0.39, 0.29) is 39.1 Å². The molecule has 2 aromatic rings. The van der Waals surface area contributed by atoms with E-state index in [4.69, 9.17) is 26.8 Å².